The summed E-state index contributed by atoms with van der Waals surface area (Å²) in [6, 6.07) is 19.6. The van der Waals surface area contributed by atoms with Gasteiger partial charge in [-0.1, -0.05) is 36.4 Å². The van der Waals surface area contributed by atoms with E-state index < -0.39 is 0 Å². The van der Waals surface area contributed by atoms with Gasteiger partial charge in [-0.25, -0.2) is 4.89 Å². The van der Waals surface area contributed by atoms with Crippen LogP contribution in [0.1, 0.15) is 6.92 Å². The highest BCUT2D eigenvalue weighted by molar-refractivity contribution is 5.59. The van der Waals surface area contributed by atoms with Gasteiger partial charge in [-0.15, -0.1) is 4.99 Å². The minimum Gasteiger partial charge on any atom is -0.212 e. The Morgan fingerprint density at radius 1 is 0.824 bits per heavy atom. The molecule has 0 aliphatic heterocycles. The highest BCUT2D eigenvalue weighted by Crippen LogP contribution is 2.25. The summed E-state index contributed by atoms with van der Waals surface area (Å²) in [4.78, 5) is 10.3. The molecule has 2 rings (SSSR count). The van der Waals surface area contributed by atoms with E-state index in [2.05, 4.69) is 0 Å². The average molecular weight is 229 g/mol. The Balaban J connectivity index is 2.26. The molecule has 0 N–H and O–H groups in total. The van der Waals surface area contributed by atoms with Gasteiger partial charge >= 0.3 is 0 Å². The summed E-state index contributed by atoms with van der Waals surface area (Å²) in [5.41, 5.74) is 1.85. The summed E-state index contributed by atoms with van der Waals surface area (Å²) in [6.45, 7) is 2.38. The molecule has 0 aromatic heterocycles. The predicted octanol–water partition coefficient (Wildman–Crippen LogP) is 3.71. The van der Waals surface area contributed by atoms with Gasteiger partial charge in [0.15, 0.2) is 0 Å². The van der Waals surface area contributed by atoms with Crippen molar-refractivity contribution in [3.05, 3.63) is 60.7 Å². The summed E-state index contributed by atoms with van der Waals surface area (Å²) >= 11 is 0. The second kappa shape index (κ2) is 6.03. The molecule has 2 aromatic rings. The van der Waals surface area contributed by atoms with E-state index in [0.29, 0.717) is 6.61 Å². The molecule has 3 nitrogen and oxygen atoms in total. The minimum absolute atomic E-state index is 0.496. The van der Waals surface area contributed by atoms with Crippen molar-refractivity contribution < 1.29 is 9.88 Å². The standard InChI is InChI=1S/C14H15NO2/c1-2-16-17-15(13-9-5-3-6-10-13)14-11-7-4-8-12-14/h3-12H,2H2,1H3. The largest absolute Gasteiger partial charge is 0.212 e. The van der Waals surface area contributed by atoms with Crippen LogP contribution in [0.4, 0.5) is 11.4 Å². The van der Waals surface area contributed by atoms with E-state index in [-0.39, 0.29) is 0 Å². The van der Waals surface area contributed by atoms with Crippen molar-refractivity contribution in [2.45, 2.75) is 6.92 Å². The van der Waals surface area contributed by atoms with E-state index in [1.165, 1.54) is 0 Å². The molecular formula is C14H15NO2. The highest BCUT2D eigenvalue weighted by Gasteiger charge is 2.09. The number of rotatable bonds is 5. The molecule has 0 bridgehead atoms. The fourth-order valence-electron chi connectivity index (χ4n) is 1.47. The maximum atomic E-state index is 5.30. The number of hydrogen-bond acceptors (Lipinski definition) is 3. The van der Waals surface area contributed by atoms with Crippen molar-refractivity contribution >= 4 is 11.4 Å². The van der Waals surface area contributed by atoms with Crippen LogP contribution in [-0.2, 0) is 9.88 Å². The van der Waals surface area contributed by atoms with Gasteiger partial charge < -0.3 is 0 Å². The molecule has 0 aliphatic carbocycles. The van der Waals surface area contributed by atoms with Crippen molar-refractivity contribution in [2.75, 3.05) is 11.7 Å². The van der Waals surface area contributed by atoms with Crippen LogP contribution < -0.4 is 5.06 Å². The van der Waals surface area contributed by atoms with Crippen LogP contribution in [0, 0.1) is 0 Å². The summed E-state index contributed by atoms with van der Waals surface area (Å²) in [5, 5.41) is 1.66. The lowest BCUT2D eigenvalue weighted by molar-refractivity contribution is -0.292. The number of benzene rings is 2. The zero-order chi connectivity index (χ0) is 11.9. The smallest absolute Gasteiger partial charge is 0.0820 e. The molecule has 3 heteroatoms. The quantitative estimate of drug-likeness (QED) is 0.576. The maximum Gasteiger partial charge on any atom is 0.0820 e. The number of para-hydroxylation sites is 2. The third-order valence-electron chi connectivity index (χ3n) is 2.23. The molecule has 0 atom stereocenters. The monoisotopic (exact) mass is 229 g/mol. The van der Waals surface area contributed by atoms with Gasteiger partial charge in [-0.2, -0.15) is 5.06 Å². The molecule has 0 aliphatic rings. The van der Waals surface area contributed by atoms with Gasteiger partial charge in [0.1, 0.15) is 0 Å². The SMILES string of the molecule is CCOON(c1ccccc1)c1ccccc1. The molecule has 0 unspecified atom stereocenters. The van der Waals surface area contributed by atoms with E-state index in [1.807, 2.05) is 67.6 Å². The van der Waals surface area contributed by atoms with Crippen LogP contribution >= 0.6 is 0 Å². The topological polar surface area (TPSA) is 21.7 Å². The first-order chi connectivity index (χ1) is 8.42. The second-order valence-corrected chi connectivity index (χ2v) is 3.45. The zero-order valence-corrected chi connectivity index (χ0v) is 9.74. The van der Waals surface area contributed by atoms with Crippen LogP contribution in [0.15, 0.2) is 60.7 Å². The Bertz CT molecular complexity index is 391. The Morgan fingerprint density at radius 2 is 1.29 bits per heavy atom. The molecule has 0 fully saturated rings. The number of anilines is 2. The summed E-state index contributed by atoms with van der Waals surface area (Å²) in [6.07, 6.45) is 0. The van der Waals surface area contributed by atoms with E-state index in [4.69, 9.17) is 9.88 Å². The first kappa shape index (κ1) is 11.6. The van der Waals surface area contributed by atoms with Crippen LogP contribution in [0.5, 0.6) is 0 Å². The third-order valence-corrected chi connectivity index (χ3v) is 2.23. The lowest BCUT2D eigenvalue weighted by Crippen LogP contribution is -2.17. The first-order valence-electron chi connectivity index (χ1n) is 5.61. The van der Waals surface area contributed by atoms with Gasteiger partial charge in [0, 0.05) is 0 Å². The summed E-state index contributed by atoms with van der Waals surface area (Å²) in [5.74, 6) is 0. The van der Waals surface area contributed by atoms with Crippen molar-refractivity contribution in [1.29, 1.82) is 0 Å². The highest BCUT2D eigenvalue weighted by atomic mass is 17.3. The molecule has 17 heavy (non-hydrogen) atoms. The summed E-state index contributed by atoms with van der Waals surface area (Å²) < 4.78 is 0. The Labute approximate surface area is 101 Å². The van der Waals surface area contributed by atoms with Gasteiger partial charge in [0.05, 0.1) is 18.0 Å². The number of hydrogen-bond donors (Lipinski definition) is 0. The molecule has 0 saturated carbocycles. The molecule has 0 amide bonds. The first-order valence-corrected chi connectivity index (χ1v) is 5.61. The fourth-order valence-corrected chi connectivity index (χ4v) is 1.47. The number of nitrogens with zero attached hydrogens (tertiary/aromatic N) is 1. The van der Waals surface area contributed by atoms with E-state index >= 15 is 0 Å². The van der Waals surface area contributed by atoms with Crippen molar-refractivity contribution in [3.8, 4) is 0 Å². The van der Waals surface area contributed by atoms with Crippen molar-refractivity contribution in [2.24, 2.45) is 0 Å². The van der Waals surface area contributed by atoms with Gasteiger partial charge in [0.25, 0.3) is 0 Å². The Hall–Kier alpha value is -1.84. The molecule has 0 heterocycles. The van der Waals surface area contributed by atoms with E-state index in [9.17, 15) is 0 Å². The maximum absolute atomic E-state index is 5.30. The van der Waals surface area contributed by atoms with Crippen LogP contribution in [0.25, 0.3) is 0 Å². The molecule has 2 aromatic carbocycles. The predicted molar refractivity (Wildman–Crippen MR) is 67.7 cm³/mol. The van der Waals surface area contributed by atoms with E-state index in [1.54, 1.807) is 5.06 Å². The molecule has 0 saturated heterocycles. The van der Waals surface area contributed by atoms with Crippen LogP contribution in [0.2, 0.25) is 0 Å². The van der Waals surface area contributed by atoms with Crippen molar-refractivity contribution in [1.82, 2.24) is 0 Å². The molecule has 88 valence electrons. The Kier molecular flexibility index (Phi) is 4.13. The van der Waals surface area contributed by atoms with Crippen LogP contribution in [0.3, 0.4) is 0 Å². The van der Waals surface area contributed by atoms with Crippen molar-refractivity contribution in [3.63, 3.8) is 0 Å². The molecular weight excluding hydrogens is 214 g/mol. The minimum atomic E-state index is 0.496. The normalized spacial score (nSPS) is 10.2. The molecule has 0 radical (unpaired) electrons. The molecule has 0 spiro atoms. The van der Waals surface area contributed by atoms with Gasteiger partial charge in [-0.3, -0.25) is 0 Å². The van der Waals surface area contributed by atoms with Crippen LogP contribution in [-0.4, -0.2) is 6.61 Å². The van der Waals surface area contributed by atoms with E-state index in [0.717, 1.165) is 11.4 Å². The average Bonchev–Trinajstić information content (AvgIpc) is 2.42. The zero-order valence-electron chi connectivity index (χ0n) is 9.74. The summed E-state index contributed by atoms with van der Waals surface area (Å²) in [7, 11) is 0. The van der Waals surface area contributed by atoms with Gasteiger partial charge in [-0.05, 0) is 31.2 Å². The Morgan fingerprint density at radius 3 is 1.71 bits per heavy atom. The lowest BCUT2D eigenvalue weighted by Gasteiger charge is -2.21. The van der Waals surface area contributed by atoms with Gasteiger partial charge in [0.2, 0.25) is 0 Å². The fraction of sp³-hybridized carbons (Fsp3) is 0.143. The second-order valence-electron chi connectivity index (χ2n) is 3.45. The lowest BCUT2D eigenvalue weighted by atomic mass is 10.2. The third kappa shape index (κ3) is 3.06.